The number of aromatic nitrogens is 1. The van der Waals surface area contributed by atoms with E-state index >= 15 is 0 Å². The molecule has 0 radical (unpaired) electrons. The number of nitrogens with zero attached hydrogens (tertiary/aromatic N) is 2. The zero-order valence-electron chi connectivity index (χ0n) is 13.3. The fourth-order valence-corrected chi connectivity index (χ4v) is 5.20. The lowest BCUT2D eigenvalue weighted by Crippen LogP contribution is -2.42. The standard InChI is InChI=1S/C17H14BrN3O4S/c18-10-5-4-9(26-10)13-11-12(14(20-13)17(24)25)16(23)21(15(11)22)7-8-3-1-2-6-19-8/h1-6,11-14,20H,7H2,(H,24,25). The number of pyridine rings is 1. The number of thiophene rings is 1. The lowest BCUT2D eigenvalue weighted by atomic mass is 9.89. The Hall–Kier alpha value is -2.10. The number of aliphatic carboxylic acids is 1. The Kier molecular flexibility index (Phi) is 4.37. The van der Waals surface area contributed by atoms with Crippen molar-refractivity contribution in [3.63, 3.8) is 0 Å². The van der Waals surface area contributed by atoms with Gasteiger partial charge >= 0.3 is 5.97 Å². The van der Waals surface area contributed by atoms with Gasteiger partial charge in [0, 0.05) is 11.1 Å². The fourth-order valence-electron chi connectivity index (χ4n) is 3.67. The van der Waals surface area contributed by atoms with Crippen LogP contribution < -0.4 is 5.32 Å². The molecule has 2 aromatic rings. The topological polar surface area (TPSA) is 99.6 Å². The molecule has 2 aromatic heterocycles. The van der Waals surface area contributed by atoms with Crippen molar-refractivity contribution in [1.82, 2.24) is 15.2 Å². The average Bonchev–Trinajstić information content (AvgIpc) is 3.28. The molecule has 2 aliphatic rings. The maximum atomic E-state index is 13.0. The number of carbonyl (C=O) groups is 3. The number of carbonyl (C=O) groups excluding carboxylic acids is 2. The molecule has 2 amide bonds. The predicted octanol–water partition coefficient (Wildman–Crippen LogP) is 1.80. The molecule has 26 heavy (non-hydrogen) atoms. The molecule has 2 fully saturated rings. The van der Waals surface area contributed by atoms with E-state index in [0.29, 0.717) is 5.69 Å². The highest BCUT2D eigenvalue weighted by molar-refractivity contribution is 9.11. The third-order valence-corrected chi connectivity index (χ3v) is 6.49. The van der Waals surface area contributed by atoms with Gasteiger partial charge in [-0.2, -0.15) is 0 Å². The number of fused-ring (bicyclic) bond motifs is 1. The second kappa shape index (κ2) is 6.57. The van der Waals surface area contributed by atoms with E-state index < -0.39 is 35.8 Å². The number of hydrogen-bond acceptors (Lipinski definition) is 6. The molecule has 0 saturated carbocycles. The van der Waals surface area contributed by atoms with Crippen LogP contribution >= 0.6 is 27.3 Å². The maximum absolute atomic E-state index is 13.0. The molecule has 0 aliphatic carbocycles. The summed E-state index contributed by atoms with van der Waals surface area (Å²) in [5, 5.41) is 12.5. The number of imide groups is 1. The Balaban J connectivity index is 1.69. The normalized spacial score (nSPS) is 27.8. The smallest absolute Gasteiger partial charge is 0.321 e. The summed E-state index contributed by atoms with van der Waals surface area (Å²) < 4.78 is 0.881. The van der Waals surface area contributed by atoms with Crippen molar-refractivity contribution in [3.05, 3.63) is 50.9 Å². The summed E-state index contributed by atoms with van der Waals surface area (Å²) in [6.07, 6.45) is 1.59. The van der Waals surface area contributed by atoms with E-state index in [1.165, 1.54) is 11.3 Å². The van der Waals surface area contributed by atoms with Crippen LogP contribution in [0.5, 0.6) is 0 Å². The third-order valence-electron chi connectivity index (χ3n) is 4.78. The summed E-state index contributed by atoms with van der Waals surface area (Å²) in [6, 6.07) is 7.36. The van der Waals surface area contributed by atoms with Gasteiger partial charge in [0.25, 0.3) is 0 Å². The molecule has 7 nitrogen and oxygen atoms in total. The minimum atomic E-state index is -1.13. The van der Waals surface area contributed by atoms with E-state index in [1.54, 1.807) is 24.4 Å². The van der Waals surface area contributed by atoms with Crippen molar-refractivity contribution in [2.45, 2.75) is 18.6 Å². The number of nitrogens with one attached hydrogen (secondary N) is 1. The van der Waals surface area contributed by atoms with E-state index in [9.17, 15) is 19.5 Å². The molecule has 2 saturated heterocycles. The fraction of sp³-hybridized carbons (Fsp3) is 0.294. The molecular formula is C17H14BrN3O4S. The van der Waals surface area contributed by atoms with Gasteiger partial charge in [-0.15, -0.1) is 11.3 Å². The first kappa shape index (κ1) is 17.3. The second-order valence-electron chi connectivity index (χ2n) is 6.24. The highest BCUT2D eigenvalue weighted by atomic mass is 79.9. The van der Waals surface area contributed by atoms with Gasteiger partial charge in [-0.3, -0.25) is 29.6 Å². The van der Waals surface area contributed by atoms with Crippen molar-refractivity contribution in [3.8, 4) is 0 Å². The molecule has 0 spiro atoms. The van der Waals surface area contributed by atoms with Gasteiger partial charge in [0.05, 0.1) is 33.9 Å². The molecule has 134 valence electrons. The molecule has 2 aliphatic heterocycles. The van der Waals surface area contributed by atoms with Crippen molar-refractivity contribution < 1.29 is 19.5 Å². The van der Waals surface area contributed by atoms with E-state index in [1.807, 2.05) is 12.1 Å². The molecule has 4 unspecified atom stereocenters. The quantitative estimate of drug-likeness (QED) is 0.710. The van der Waals surface area contributed by atoms with Crippen molar-refractivity contribution in [1.29, 1.82) is 0 Å². The van der Waals surface area contributed by atoms with Crippen molar-refractivity contribution in [2.75, 3.05) is 0 Å². The number of amides is 2. The summed E-state index contributed by atoms with van der Waals surface area (Å²) in [5.41, 5.74) is 0.587. The van der Waals surface area contributed by atoms with Crippen LogP contribution in [0.2, 0.25) is 0 Å². The molecule has 4 heterocycles. The van der Waals surface area contributed by atoms with Gasteiger partial charge in [0.2, 0.25) is 11.8 Å². The van der Waals surface area contributed by atoms with Crippen LogP contribution in [0, 0.1) is 11.8 Å². The predicted molar refractivity (Wildman–Crippen MR) is 96.1 cm³/mol. The van der Waals surface area contributed by atoms with Gasteiger partial charge in [0.15, 0.2) is 0 Å². The molecule has 0 aromatic carbocycles. The van der Waals surface area contributed by atoms with Gasteiger partial charge in [-0.05, 0) is 40.2 Å². The van der Waals surface area contributed by atoms with Crippen LogP contribution in [0.3, 0.4) is 0 Å². The number of likely N-dealkylation sites (tertiary alicyclic amines) is 1. The highest BCUT2D eigenvalue weighted by Crippen LogP contribution is 2.46. The average molecular weight is 436 g/mol. The Bertz CT molecular complexity index is 887. The van der Waals surface area contributed by atoms with Crippen LogP contribution in [0.1, 0.15) is 16.6 Å². The summed E-state index contributed by atoms with van der Waals surface area (Å²) in [4.78, 5) is 43.7. The summed E-state index contributed by atoms with van der Waals surface area (Å²) in [7, 11) is 0. The Labute approximate surface area is 161 Å². The molecule has 2 N–H and O–H groups in total. The van der Waals surface area contributed by atoms with E-state index in [4.69, 9.17) is 0 Å². The first-order chi connectivity index (χ1) is 12.5. The lowest BCUT2D eigenvalue weighted by Gasteiger charge is -2.20. The molecule has 4 atom stereocenters. The SMILES string of the molecule is O=C(O)C1NC(c2ccc(Br)s2)C2C(=O)N(Cc3ccccn3)C(=O)C12. The van der Waals surface area contributed by atoms with Crippen molar-refractivity contribution >= 4 is 45.1 Å². The Morgan fingerprint density at radius 2 is 2.00 bits per heavy atom. The van der Waals surface area contributed by atoms with Crippen molar-refractivity contribution in [2.24, 2.45) is 11.8 Å². The second-order valence-corrected chi connectivity index (χ2v) is 8.73. The zero-order chi connectivity index (χ0) is 18.4. The van der Waals surface area contributed by atoms with Gasteiger partial charge < -0.3 is 5.11 Å². The van der Waals surface area contributed by atoms with Crippen LogP contribution in [0.25, 0.3) is 0 Å². The minimum Gasteiger partial charge on any atom is -0.480 e. The largest absolute Gasteiger partial charge is 0.480 e. The molecule has 9 heteroatoms. The minimum absolute atomic E-state index is 0.0543. The maximum Gasteiger partial charge on any atom is 0.321 e. The van der Waals surface area contributed by atoms with Gasteiger partial charge in [-0.25, -0.2) is 0 Å². The Morgan fingerprint density at radius 3 is 2.62 bits per heavy atom. The number of carboxylic acids is 1. The monoisotopic (exact) mass is 435 g/mol. The summed E-state index contributed by atoms with van der Waals surface area (Å²) in [6.45, 7) is 0.0543. The summed E-state index contributed by atoms with van der Waals surface area (Å²) >= 11 is 4.81. The van der Waals surface area contributed by atoms with Crippen LogP contribution in [0.15, 0.2) is 40.3 Å². The number of halogens is 1. The van der Waals surface area contributed by atoms with Crippen LogP contribution in [0.4, 0.5) is 0 Å². The molecule has 0 bridgehead atoms. The molecule has 4 rings (SSSR count). The summed E-state index contributed by atoms with van der Waals surface area (Å²) in [5.74, 6) is -3.56. The van der Waals surface area contributed by atoms with Crippen LogP contribution in [-0.2, 0) is 20.9 Å². The number of hydrogen-bond donors (Lipinski definition) is 2. The Morgan fingerprint density at radius 1 is 1.23 bits per heavy atom. The third kappa shape index (κ3) is 2.76. The van der Waals surface area contributed by atoms with Gasteiger partial charge in [-0.1, -0.05) is 6.07 Å². The van der Waals surface area contributed by atoms with E-state index in [-0.39, 0.29) is 12.5 Å². The highest BCUT2D eigenvalue weighted by Gasteiger charge is 2.61. The molecular weight excluding hydrogens is 422 g/mol. The first-order valence-corrected chi connectivity index (χ1v) is 9.57. The van der Waals surface area contributed by atoms with E-state index in [0.717, 1.165) is 13.6 Å². The van der Waals surface area contributed by atoms with Gasteiger partial charge in [0.1, 0.15) is 6.04 Å². The first-order valence-electron chi connectivity index (χ1n) is 7.96. The van der Waals surface area contributed by atoms with Crippen LogP contribution in [-0.4, -0.2) is 38.8 Å². The zero-order valence-corrected chi connectivity index (χ0v) is 15.7. The lowest BCUT2D eigenvalue weighted by molar-refractivity contribution is -0.146. The number of carboxylic acid groups (broad SMARTS) is 1. The van der Waals surface area contributed by atoms with E-state index in [2.05, 4.69) is 26.2 Å². The number of rotatable bonds is 4.